The second-order valence-electron chi connectivity index (χ2n) is 10.9. The molecular weight excluding hydrogens is 528 g/mol. The summed E-state index contributed by atoms with van der Waals surface area (Å²) in [6, 6.07) is 23.6. The Morgan fingerprint density at radius 3 is 1.31 bits per heavy atom. The molecule has 0 saturated heterocycles. The zero-order chi connectivity index (χ0) is 29.4. The molecule has 2 heterocycles. The highest BCUT2D eigenvalue weighted by Crippen LogP contribution is 2.46. The molecule has 8 heteroatoms. The Labute approximate surface area is 245 Å². The largest absolute Gasteiger partial charge is 0.465 e. The van der Waals surface area contributed by atoms with Crippen LogP contribution in [0.2, 0.25) is 0 Å². The van der Waals surface area contributed by atoms with E-state index in [9.17, 15) is 9.59 Å². The Kier molecular flexibility index (Phi) is 7.37. The lowest BCUT2D eigenvalue weighted by Gasteiger charge is -2.13. The molecule has 0 N–H and O–H groups in total. The fourth-order valence-electron chi connectivity index (χ4n) is 5.37. The Morgan fingerprint density at radius 1 is 0.643 bits per heavy atom. The third-order valence-electron chi connectivity index (χ3n) is 7.93. The van der Waals surface area contributed by atoms with Crippen LogP contribution in [0.15, 0.2) is 83.0 Å². The van der Waals surface area contributed by atoms with E-state index < -0.39 is 0 Å². The first-order valence-electron chi connectivity index (χ1n) is 14.3. The number of rotatable bonds is 9. The minimum absolute atomic E-state index is 0.239. The maximum atomic E-state index is 12.8. The van der Waals surface area contributed by atoms with E-state index in [1.54, 1.807) is 0 Å². The number of ether oxygens (including phenoxy) is 2. The molecule has 0 bridgehead atoms. The summed E-state index contributed by atoms with van der Waals surface area (Å²) in [7, 11) is 2.82. The van der Waals surface area contributed by atoms with Crippen molar-refractivity contribution < 1.29 is 19.1 Å². The van der Waals surface area contributed by atoms with Crippen molar-refractivity contribution >= 4 is 23.4 Å². The quantitative estimate of drug-likeness (QED) is 0.161. The number of carbonyl (C=O) groups excluding carboxylic acids is 2. The molecule has 4 aromatic rings. The van der Waals surface area contributed by atoms with Gasteiger partial charge in [-0.3, -0.25) is 0 Å². The topological polar surface area (TPSA) is 87.2 Å². The molecule has 2 aromatic carbocycles. The minimum Gasteiger partial charge on any atom is -0.465 e. The molecule has 2 aliphatic rings. The Balaban J connectivity index is 1.51. The summed E-state index contributed by atoms with van der Waals surface area (Å²) in [5, 5.41) is 10.1. The summed E-state index contributed by atoms with van der Waals surface area (Å²) in [6.45, 7) is 3.84. The van der Waals surface area contributed by atoms with Crippen LogP contribution in [0.1, 0.15) is 83.5 Å². The number of methoxy groups -OCH3 is 2. The van der Waals surface area contributed by atoms with Gasteiger partial charge in [-0.15, -0.1) is 0 Å². The molecule has 6 rings (SSSR count). The monoisotopic (exact) mass is 562 g/mol. The van der Waals surface area contributed by atoms with Crippen molar-refractivity contribution in [1.82, 2.24) is 9.35 Å². The van der Waals surface area contributed by atoms with E-state index in [0.717, 1.165) is 59.6 Å². The summed E-state index contributed by atoms with van der Waals surface area (Å²) in [6.07, 6.45) is 3.98. The highest BCUT2D eigenvalue weighted by atomic mass is 16.5. The van der Waals surface area contributed by atoms with Gasteiger partial charge in [-0.1, -0.05) is 60.7 Å². The van der Waals surface area contributed by atoms with Gasteiger partial charge in [0.2, 0.25) is 0 Å². The normalized spacial score (nSPS) is 15.5. The van der Waals surface area contributed by atoms with E-state index in [0.29, 0.717) is 22.6 Å². The maximum Gasteiger partial charge on any atom is 0.339 e. The van der Waals surface area contributed by atoms with Crippen LogP contribution in [0.5, 0.6) is 0 Å². The number of hydrogen-bond acceptors (Lipinski definition) is 6. The summed E-state index contributed by atoms with van der Waals surface area (Å²) in [5.74, 6) is -0.252. The fourth-order valence-corrected chi connectivity index (χ4v) is 5.37. The van der Waals surface area contributed by atoms with Crippen LogP contribution in [0.4, 0.5) is 0 Å². The van der Waals surface area contributed by atoms with Crippen LogP contribution >= 0.6 is 0 Å². The third kappa shape index (κ3) is 5.20. The van der Waals surface area contributed by atoms with Gasteiger partial charge in [0.25, 0.3) is 0 Å². The molecule has 0 atom stereocenters. The van der Waals surface area contributed by atoms with Gasteiger partial charge in [0.15, 0.2) is 0 Å². The van der Waals surface area contributed by atoms with Crippen LogP contribution < -0.4 is 0 Å². The standard InChI is InChI=1S/C34H34N4O4/c1-21(35-37-29(23-11-7-5-8-12-23)19-27(33(39)41-3)31(37)25-15-16-25)22(2)36-38-30(24-13-9-6-10-14-24)20-28(34(40)42-4)32(38)26-17-18-26/h5-14,19-20,25-26H,15-18H2,1-4H3/b35-21+,36-22+. The van der Waals surface area contributed by atoms with Crippen molar-refractivity contribution in [3.63, 3.8) is 0 Å². The summed E-state index contributed by atoms with van der Waals surface area (Å²) in [4.78, 5) is 25.7. The first kappa shape index (κ1) is 27.4. The summed E-state index contributed by atoms with van der Waals surface area (Å²) in [5.41, 5.74) is 7.75. The number of nitrogens with zero attached hydrogens (tertiary/aromatic N) is 4. The van der Waals surface area contributed by atoms with E-state index in [1.165, 1.54) is 14.2 Å². The number of carbonyl (C=O) groups is 2. The van der Waals surface area contributed by atoms with E-state index in [-0.39, 0.29) is 23.8 Å². The Bertz CT molecular complexity index is 1580. The van der Waals surface area contributed by atoms with Crippen molar-refractivity contribution in [2.24, 2.45) is 10.2 Å². The molecule has 0 amide bonds. The van der Waals surface area contributed by atoms with Crippen molar-refractivity contribution in [2.45, 2.75) is 51.4 Å². The second kappa shape index (κ2) is 11.3. The molecule has 2 saturated carbocycles. The smallest absolute Gasteiger partial charge is 0.339 e. The molecule has 0 spiro atoms. The lowest BCUT2D eigenvalue weighted by Crippen LogP contribution is -2.14. The fraction of sp³-hybridized carbons (Fsp3) is 0.294. The lowest BCUT2D eigenvalue weighted by molar-refractivity contribution is 0.0590. The molecule has 2 aliphatic carbocycles. The van der Waals surface area contributed by atoms with Crippen molar-refractivity contribution in [1.29, 1.82) is 0 Å². The predicted octanol–water partition coefficient (Wildman–Crippen LogP) is 7.10. The van der Waals surface area contributed by atoms with E-state index in [4.69, 9.17) is 19.7 Å². The molecule has 42 heavy (non-hydrogen) atoms. The van der Waals surface area contributed by atoms with E-state index in [2.05, 4.69) is 0 Å². The van der Waals surface area contributed by atoms with Crippen LogP contribution in [-0.4, -0.2) is 46.9 Å². The average molecular weight is 563 g/mol. The van der Waals surface area contributed by atoms with Gasteiger partial charge in [0.1, 0.15) is 0 Å². The zero-order valence-corrected chi connectivity index (χ0v) is 24.3. The molecule has 8 nitrogen and oxygen atoms in total. The molecule has 2 aromatic heterocycles. The first-order chi connectivity index (χ1) is 20.4. The number of aromatic nitrogens is 2. The van der Waals surface area contributed by atoms with Gasteiger partial charge in [0, 0.05) is 23.0 Å². The predicted molar refractivity (Wildman–Crippen MR) is 163 cm³/mol. The SMILES string of the molecule is COC(=O)c1cc(-c2ccccc2)n(/N=C(C)/C(C)=N/n2c(-c3ccccc3)cc(C(=O)OC)c2C2CC2)c1C1CC1. The lowest BCUT2D eigenvalue weighted by atomic mass is 10.1. The Morgan fingerprint density at radius 2 is 1.00 bits per heavy atom. The van der Waals surface area contributed by atoms with Gasteiger partial charge in [-0.25, -0.2) is 18.9 Å². The van der Waals surface area contributed by atoms with Crippen LogP contribution in [0, 0.1) is 0 Å². The van der Waals surface area contributed by atoms with Gasteiger partial charge in [-0.2, -0.15) is 10.2 Å². The van der Waals surface area contributed by atoms with E-state index >= 15 is 0 Å². The van der Waals surface area contributed by atoms with Crippen molar-refractivity contribution in [2.75, 3.05) is 14.2 Å². The van der Waals surface area contributed by atoms with Gasteiger partial charge in [-0.05, 0) is 51.7 Å². The van der Waals surface area contributed by atoms with E-state index in [1.807, 2.05) is 96.0 Å². The Hall–Kier alpha value is -4.72. The van der Waals surface area contributed by atoms with Crippen molar-refractivity contribution in [3.05, 3.63) is 95.3 Å². The first-order valence-corrected chi connectivity index (χ1v) is 14.3. The number of benzene rings is 2. The molecule has 214 valence electrons. The summed E-state index contributed by atoms with van der Waals surface area (Å²) >= 11 is 0. The third-order valence-corrected chi connectivity index (χ3v) is 7.93. The molecule has 0 unspecified atom stereocenters. The van der Waals surface area contributed by atoms with Gasteiger partial charge >= 0.3 is 11.9 Å². The maximum absolute atomic E-state index is 12.8. The molecule has 0 aliphatic heterocycles. The number of hydrogen-bond donors (Lipinski definition) is 0. The highest BCUT2D eigenvalue weighted by molar-refractivity contribution is 6.40. The molecule has 0 radical (unpaired) electrons. The highest BCUT2D eigenvalue weighted by Gasteiger charge is 2.36. The second-order valence-corrected chi connectivity index (χ2v) is 10.9. The van der Waals surface area contributed by atoms with Gasteiger partial charge < -0.3 is 9.47 Å². The number of esters is 2. The average Bonchev–Trinajstić information content (AvgIpc) is 3.97. The minimum atomic E-state index is -0.365. The zero-order valence-electron chi connectivity index (χ0n) is 24.3. The van der Waals surface area contributed by atoms with Crippen LogP contribution in [0.25, 0.3) is 22.5 Å². The van der Waals surface area contributed by atoms with Crippen LogP contribution in [-0.2, 0) is 9.47 Å². The van der Waals surface area contributed by atoms with Crippen LogP contribution in [0.3, 0.4) is 0 Å². The van der Waals surface area contributed by atoms with Crippen molar-refractivity contribution in [3.8, 4) is 22.5 Å². The summed E-state index contributed by atoms with van der Waals surface area (Å²) < 4.78 is 14.1. The molecule has 2 fully saturated rings. The van der Waals surface area contributed by atoms with Gasteiger partial charge in [0.05, 0.1) is 59.5 Å². The molecular formula is C34H34N4O4.